The first-order chi connectivity index (χ1) is 8.47. The second kappa shape index (κ2) is 6.18. The third kappa shape index (κ3) is 3.58. The number of aromatic nitrogens is 2. The quantitative estimate of drug-likeness (QED) is 0.812. The third-order valence-corrected chi connectivity index (χ3v) is 2.69. The summed E-state index contributed by atoms with van der Waals surface area (Å²) in [4.78, 5) is 21.9. The third-order valence-electron chi connectivity index (χ3n) is 2.69. The molecule has 1 heterocycles. The van der Waals surface area contributed by atoms with Gasteiger partial charge >= 0.3 is 0 Å². The van der Waals surface area contributed by atoms with Crippen LogP contribution in [0.3, 0.4) is 0 Å². The molecule has 0 bridgehead atoms. The molecule has 100 valence electrons. The highest BCUT2D eigenvalue weighted by Gasteiger charge is 2.16. The van der Waals surface area contributed by atoms with Crippen molar-refractivity contribution in [3.05, 3.63) is 11.9 Å². The smallest absolute Gasteiger partial charge is 0.244 e. The minimum absolute atomic E-state index is 0.0210. The number of nitrogens with zero attached hydrogens (tertiary/aromatic N) is 3. The van der Waals surface area contributed by atoms with Crippen LogP contribution in [0.15, 0.2) is 6.07 Å². The molecule has 1 amide bonds. The molecule has 18 heavy (non-hydrogen) atoms. The fraction of sp³-hybridized carbons (Fsp3) is 0.583. The second-order valence-electron chi connectivity index (χ2n) is 4.17. The van der Waals surface area contributed by atoms with E-state index in [1.54, 1.807) is 24.9 Å². The molecule has 6 heteroatoms. The van der Waals surface area contributed by atoms with Gasteiger partial charge in [-0.2, -0.15) is 0 Å². The summed E-state index contributed by atoms with van der Waals surface area (Å²) in [6.07, 6.45) is 0.705. The number of nitrogens with two attached hydrogens (primary N) is 1. The van der Waals surface area contributed by atoms with Gasteiger partial charge in [0, 0.05) is 26.1 Å². The molecule has 1 aromatic heterocycles. The number of carbonyl (C=O) groups is 1. The number of nitrogens with one attached hydrogen (secondary N) is 1. The number of anilines is 2. The second-order valence-corrected chi connectivity index (χ2v) is 4.17. The monoisotopic (exact) mass is 251 g/mol. The minimum atomic E-state index is -0.339. The van der Waals surface area contributed by atoms with Crippen LogP contribution in [0.4, 0.5) is 11.6 Å². The highest BCUT2D eigenvalue weighted by molar-refractivity contribution is 5.83. The maximum Gasteiger partial charge on any atom is 0.244 e. The van der Waals surface area contributed by atoms with Gasteiger partial charge in [-0.05, 0) is 13.8 Å². The van der Waals surface area contributed by atoms with Crippen molar-refractivity contribution in [3.63, 3.8) is 0 Å². The van der Waals surface area contributed by atoms with E-state index >= 15 is 0 Å². The zero-order valence-electron chi connectivity index (χ0n) is 11.4. The molecular formula is C12H21N5O. The van der Waals surface area contributed by atoms with E-state index in [9.17, 15) is 4.79 Å². The number of amides is 1. The topological polar surface area (TPSA) is 84.1 Å². The van der Waals surface area contributed by atoms with Crippen LogP contribution in [0.1, 0.15) is 26.6 Å². The van der Waals surface area contributed by atoms with Crippen LogP contribution < -0.4 is 11.1 Å². The minimum Gasteiger partial charge on any atom is -0.384 e. The van der Waals surface area contributed by atoms with Crippen LogP contribution in [0.5, 0.6) is 0 Å². The number of likely N-dealkylation sites (N-methyl/N-ethyl adjacent to an activating group) is 1. The summed E-state index contributed by atoms with van der Waals surface area (Å²) in [6.45, 7) is 6.37. The van der Waals surface area contributed by atoms with Crippen molar-refractivity contribution in [1.82, 2.24) is 14.9 Å². The van der Waals surface area contributed by atoms with E-state index in [0.717, 1.165) is 0 Å². The first kappa shape index (κ1) is 14.2. The molecule has 6 nitrogen and oxygen atoms in total. The highest BCUT2D eigenvalue weighted by Crippen LogP contribution is 2.10. The lowest BCUT2D eigenvalue weighted by molar-refractivity contribution is -0.130. The number of aryl methyl sites for hydroxylation is 1. The largest absolute Gasteiger partial charge is 0.384 e. The summed E-state index contributed by atoms with van der Waals surface area (Å²) >= 11 is 0. The van der Waals surface area contributed by atoms with Crippen molar-refractivity contribution in [3.8, 4) is 0 Å². The molecule has 1 unspecified atom stereocenters. The summed E-state index contributed by atoms with van der Waals surface area (Å²) in [7, 11) is 1.77. The van der Waals surface area contributed by atoms with Gasteiger partial charge in [-0.1, -0.05) is 6.92 Å². The van der Waals surface area contributed by atoms with E-state index in [4.69, 9.17) is 5.73 Å². The van der Waals surface area contributed by atoms with Gasteiger partial charge in [-0.25, -0.2) is 9.97 Å². The van der Waals surface area contributed by atoms with Crippen molar-refractivity contribution in [1.29, 1.82) is 0 Å². The summed E-state index contributed by atoms with van der Waals surface area (Å²) in [6, 6.07) is 1.29. The van der Waals surface area contributed by atoms with E-state index in [1.807, 2.05) is 13.8 Å². The SMILES string of the molecule is CCc1nc(N)cc(NC(C)C(=O)N(C)CC)n1. The van der Waals surface area contributed by atoms with Crippen LogP contribution in [-0.2, 0) is 11.2 Å². The number of rotatable bonds is 5. The van der Waals surface area contributed by atoms with E-state index < -0.39 is 0 Å². The van der Waals surface area contributed by atoms with Gasteiger partial charge in [0.1, 0.15) is 23.5 Å². The van der Waals surface area contributed by atoms with Gasteiger partial charge in [0.05, 0.1) is 0 Å². The Balaban J connectivity index is 2.78. The van der Waals surface area contributed by atoms with Gasteiger partial charge in [0.2, 0.25) is 5.91 Å². The van der Waals surface area contributed by atoms with Crippen molar-refractivity contribution in [2.45, 2.75) is 33.2 Å². The van der Waals surface area contributed by atoms with Crippen LogP contribution in [-0.4, -0.2) is 40.4 Å². The van der Waals surface area contributed by atoms with E-state index in [0.29, 0.717) is 30.4 Å². The number of carbonyl (C=O) groups excluding carboxylic acids is 1. The average Bonchev–Trinajstić information content (AvgIpc) is 2.35. The molecule has 0 spiro atoms. The number of nitrogen functional groups attached to an aromatic ring is 1. The number of hydrogen-bond donors (Lipinski definition) is 2. The standard InChI is InChI=1S/C12H21N5O/c1-5-10-15-9(13)7-11(16-10)14-8(3)12(18)17(4)6-2/h7-8H,5-6H2,1-4H3,(H3,13,14,15,16). The van der Waals surface area contributed by atoms with E-state index in [2.05, 4.69) is 15.3 Å². The van der Waals surface area contributed by atoms with Crippen LogP contribution in [0.2, 0.25) is 0 Å². The lowest BCUT2D eigenvalue weighted by atomic mass is 10.3. The van der Waals surface area contributed by atoms with Crippen LogP contribution >= 0.6 is 0 Å². The summed E-state index contributed by atoms with van der Waals surface area (Å²) in [5.74, 6) is 1.69. The Morgan fingerprint density at radius 2 is 2.17 bits per heavy atom. The molecule has 1 aromatic rings. The molecule has 1 rings (SSSR count). The average molecular weight is 251 g/mol. The van der Waals surface area contributed by atoms with Gasteiger partial charge in [0.15, 0.2) is 0 Å². The Labute approximate surface area is 108 Å². The Morgan fingerprint density at radius 1 is 1.50 bits per heavy atom. The van der Waals surface area contributed by atoms with Gasteiger partial charge in [-0.15, -0.1) is 0 Å². The Bertz CT molecular complexity index is 421. The molecule has 0 aromatic carbocycles. The maximum atomic E-state index is 11.9. The maximum absolute atomic E-state index is 11.9. The van der Waals surface area contributed by atoms with E-state index in [-0.39, 0.29) is 11.9 Å². The van der Waals surface area contributed by atoms with Crippen molar-refractivity contribution in [2.75, 3.05) is 24.6 Å². The van der Waals surface area contributed by atoms with Crippen molar-refractivity contribution in [2.24, 2.45) is 0 Å². The lowest BCUT2D eigenvalue weighted by Crippen LogP contribution is -2.39. The molecule has 0 saturated heterocycles. The Hall–Kier alpha value is -1.85. The molecule has 0 fully saturated rings. The first-order valence-electron chi connectivity index (χ1n) is 6.12. The highest BCUT2D eigenvalue weighted by atomic mass is 16.2. The normalized spacial score (nSPS) is 12.0. The zero-order chi connectivity index (χ0) is 13.7. The van der Waals surface area contributed by atoms with Gasteiger partial charge in [-0.3, -0.25) is 4.79 Å². The molecule has 0 aliphatic rings. The van der Waals surface area contributed by atoms with Gasteiger partial charge in [0.25, 0.3) is 0 Å². The summed E-state index contributed by atoms with van der Waals surface area (Å²) in [5, 5.41) is 3.05. The van der Waals surface area contributed by atoms with E-state index in [1.165, 1.54) is 0 Å². The van der Waals surface area contributed by atoms with Gasteiger partial charge < -0.3 is 16.0 Å². The molecule has 0 radical (unpaired) electrons. The van der Waals surface area contributed by atoms with Crippen LogP contribution in [0, 0.1) is 0 Å². The van der Waals surface area contributed by atoms with Crippen molar-refractivity contribution < 1.29 is 4.79 Å². The molecule has 0 aliphatic heterocycles. The van der Waals surface area contributed by atoms with Crippen LogP contribution in [0.25, 0.3) is 0 Å². The Kier molecular flexibility index (Phi) is 4.88. The molecule has 1 atom stereocenters. The molecule has 3 N–H and O–H groups in total. The fourth-order valence-corrected chi connectivity index (χ4v) is 1.52. The summed E-state index contributed by atoms with van der Waals surface area (Å²) < 4.78 is 0. The fourth-order valence-electron chi connectivity index (χ4n) is 1.52. The Morgan fingerprint density at radius 3 is 2.72 bits per heavy atom. The molecular weight excluding hydrogens is 230 g/mol. The predicted molar refractivity (Wildman–Crippen MR) is 72.2 cm³/mol. The van der Waals surface area contributed by atoms with Crippen molar-refractivity contribution >= 4 is 17.5 Å². The lowest BCUT2D eigenvalue weighted by Gasteiger charge is -2.21. The number of hydrogen-bond acceptors (Lipinski definition) is 5. The predicted octanol–water partition coefficient (Wildman–Crippen LogP) is 0.900. The molecule has 0 saturated carbocycles. The molecule has 0 aliphatic carbocycles. The first-order valence-corrected chi connectivity index (χ1v) is 6.12. The summed E-state index contributed by atoms with van der Waals surface area (Å²) in [5.41, 5.74) is 5.69. The zero-order valence-corrected chi connectivity index (χ0v) is 11.4.